The van der Waals surface area contributed by atoms with Gasteiger partial charge in [-0.2, -0.15) is 0 Å². The molecule has 1 aromatic rings. The summed E-state index contributed by atoms with van der Waals surface area (Å²) in [5.74, 6) is 0.770. The van der Waals surface area contributed by atoms with E-state index in [1.807, 2.05) is 6.07 Å². The van der Waals surface area contributed by atoms with E-state index in [1.54, 1.807) is 12.3 Å². The number of halogens is 1. The van der Waals surface area contributed by atoms with Crippen molar-refractivity contribution in [2.24, 2.45) is 0 Å². The van der Waals surface area contributed by atoms with Crippen molar-refractivity contribution in [1.29, 1.82) is 0 Å². The van der Waals surface area contributed by atoms with Crippen LogP contribution in [0.2, 0.25) is 5.02 Å². The molecule has 0 aliphatic heterocycles. The third kappa shape index (κ3) is 3.86. The van der Waals surface area contributed by atoms with E-state index >= 15 is 0 Å². The van der Waals surface area contributed by atoms with E-state index in [-0.39, 0.29) is 0 Å². The molecule has 1 heterocycles. The molecule has 0 bridgehead atoms. The molecule has 4 heteroatoms. The molecule has 1 fully saturated rings. The maximum Gasteiger partial charge on any atom is 0.126 e. The lowest BCUT2D eigenvalue weighted by atomic mass is 9.94. The first-order chi connectivity index (χ1) is 8.18. The molecule has 94 valence electrons. The van der Waals surface area contributed by atoms with Gasteiger partial charge in [-0.25, -0.2) is 4.98 Å². The Morgan fingerprint density at radius 3 is 2.53 bits per heavy atom. The van der Waals surface area contributed by atoms with Crippen molar-refractivity contribution in [3.63, 3.8) is 0 Å². The number of nitrogens with zero attached hydrogens (tertiary/aromatic N) is 1. The fourth-order valence-electron chi connectivity index (χ4n) is 2.30. The number of anilines is 1. The van der Waals surface area contributed by atoms with Crippen molar-refractivity contribution < 1.29 is 5.11 Å². The predicted octanol–water partition coefficient (Wildman–Crippen LogP) is 3.23. The summed E-state index contributed by atoms with van der Waals surface area (Å²) in [7, 11) is 0. The maximum atomic E-state index is 10.5. The third-order valence-electron chi connectivity index (χ3n) is 3.36. The largest absolute Gasteiger partial charge is 0.388 e. The fourth-order valence-corrected chi connectivity index (χ4v) is 2.41. The Labute approximate surface area is 107 Å². The van der Waals surface area contributed by atoms with E-state index in [0.29, 0.717) is 11.6 Å². The predicted molar refractivity (Wildman–Crippen MR) is 70.4 cm³/mol. The van der Waals surface area contributed by atoms with Gasteiger partial charge in [0.25, 0.3) is 0 Å². The summed E-state index contributed by atoms with van der Waals surface area (Å²) in [6, 6.07) is 3.64. The summed E-state index contributed by atoms with van der Waals surface area (Å²) in [5, 5.41) is 14.3. The molecule has 17 heavy (non-hydrogen) atoms. The lowest BCUT2D eigenvalue weighted by Gasteiger charge is -2.27. The van der Waals surface area contributed by atoms with E-state index in [2.05, 4.69) is 10.3 Å². The van der Waals surface area contributed by atoms with Gasteiger partial charge < -0.3 is 10.4 Å². The number of rotatable bonds is 3. The Kier molecular flexibility index (Phi) is 4.24. The third-order valence-corrected chi connectivity index (χ3v) is 3.58. The monoisotopic (exact) mass is 254 g/mol. The smallest absolute Gasteiger partial charge is 0.126 e. The van der Waals surface area contributed by atoms with Gasteiger partial charge in [-0.15, -0.1) is 0 Å². The van der Waals surface area contributed by atoms with E-state index < -0.39 is 5.60 Å². The van der Waals surface area contributed by atoms with E-state index in [1.165, 1.54) is 12.8 Å². The standard InChI is InChI=1S/C13H19ClN2O/c14-11-5-6-12(15-9-11)16-10-13(17)7-3-1-2-4-8-13/h5-6,9,17H,1-4,7-8,10H2,(H,15,16). The average molecular weight is 255 g/mol. The second kappa shape index (κ2) is 5.69. The molecule has 1 aliphatic rings. The van der Waals surface area contributed by atoms with Crippen LogP contribution >= 0.6 is 11.6 Å². The minimum Gasteiger partial charge on any atom is -0.388 e. The molecule has 3 nitrogen and oxygen atoms in total. The summed E-state index contributed by atoms with van der Waals surface area (Å²) in [4.78, 5) is 4.16. The maximum absolute atomic E-state index is 10.5. The van der Waals surface area contributed by atoms with Gasteiger partial charge >= 0.3 is 0 Å². The second-order valence-electron chi connectivity index (χ2n) is 4.85. The number of hydrogen-bond acceptors (Lipinski definition) is 3. The minimum absolute atomic E-state index is 0.571. The lowest BCUT2D eigenvalue weighted by Crippen LogP contribution is -2.36. The second-order valence-corrected chi connectivity index (χ2v) is 5.29. The highest BCUT2D eigenvalue weighted by molar-refractivity contribution is 6.30. The van der Waals surface area contributed by atoms with Gasteiger partial charge in [0.15, 0.2) is 0 Å². The molecule has 0 spiro atoms. The quantitative estimate of drug-likeness (QED) is 0.814. The first-order valence-electron chi connectivity index (χ1n) is 6.26. The Bertz CT molecular complexity index is 345. The highest BCUT2D eigenvalue weighted by Crippen LogP contribution is 2.27. The van der Waals surface area contributed by atoms with Gasteiger partial charge in [-0.05, 0) is 25.0 Å². The summed E-state index contributed by atoms with van der Waals surface area (Å²) in [5.41, 5.74) is -0.572. The Balaban J connectivity index is 1.89. The molecule has 0 atom stereocenters. The van der Waals surface area contributed by atoms with Crippen LogP contribution in [0.4, 0.5) is 5.82 Å². The van der Waals surface area contributed by atoms with Crippen LogP contribution in [0.5, 0.6) is 0 Å². The van der Waals surface area contributed by atoms with Crippen LogP contribution in [0.3, 0.4) is 0 Å². The Hall–Kier alpha value is -0.800. The van der Waals surface area contributed by atoms with Crippen LogP contribution in [-0.2, 0) is 0 Å². The highest BCUT2D eigenvalue weighted by Gasteiger charge is 2.27. The van der Waals surface area contributed by atoms with Gasteiger partial charge in [0, 0.05) is 12.7 Å². The molecular formula is C13H19ClN2O. The SMILES string of the molecule is OC1(CNc2ccc(Cl)cn2)CCCCCC1. The van der Waals surface area contributed by atoms with Crippen molar-refractivity contribution in [3.05, 3.63) is 23.4 Å². The van der Waals surface area contributed by atoms with Crippen molar-refractivity contribution in [2.45, 2.75) is 44.1 Å². The lowest BCUT2D eigenvalue weighted by molar-refractivity contribution is 0.0380. The normalized spacial score (nSPS) is 19.6. The summed E-state index contributed by atoms with van der Waals surface area (Å²) in [6.07, 6.45) is 8.09. The van der Waals surface area contributed by atoms with Gasteiger partial charge in [-0.3, -0.25) is 0 Å². The first kappa shape index (κ1) is 12.7. The molecule has 2 N–H and O–H groups in total. The summed E-state index contributed by atoms with van der Waals surface area (Å²) < 4.78 is 0. The van der Waals surface area contributed by atoms with E-state index in [0.717, 1.165) is 31.5 Å². The van der Waals surface area contributed by atoms with E-state index in [4.69, 9.17) is 11.6 Å². The highest BCUT2D eigenvalue weighted by atomic mass is 35.5. The van der Waals surface area contributed by atoms with Gasteiger partial charge in [0.05, 0.1) is 10.6 Å². The zero-order valence-corrected chi connectivity index (χ0v) is 10.7. The topological polar surface area (TPSA) is 45.1 Å². The average Bonchev–Trinajstić information content (AvgIpc) is 2.54. The van der Waals surface area contributed by atoms with Gasteiger partial charge in [-0.1, -0.05) is 37.3 Å². The molecule has 0 radical (unpaired) electrons. The number of nitrogens with one attached hydrogen (secondary N) is 1. The van der Waals surface area contributed by atoms with Crippen molar-refractivity contribution in [1.82, 2.24) is 4.98 Å². The Morgan fingerprint density at radius 2 is 1.94 bits per heavy atom. The number of aromatic nitrogens is 1. The number of pyridine rings is 1. The zero-order valence-electron chi connectivity index (χ0n) is 9.95. The van der Waals surface area contributed by atoms with Gasteiger partial charge in [0.2, 0.25) is 0 Å². The molecule has 0 saturated heterocycles. The van der Waals surface area contributed by atoms with Crippen LogP contribution < -0.4 is 5.32 Å². The number of hydrogen-bond donors (Lipinski definition) is 2. The molecular weight excluding hydrogens is 236 g/mol. The van der Waals surface area contributed by atoms with E-state index in [9.17, 15) is 5.11 Å². The molecule has 2 rings (SSSR count). The molecule has 1 saturated carbocycles. The zero-order chi connectivity index (χ0) is 12.1. The molecule has 0 amide bonds. The Morgan fingerprint density at radius 1 is 1.24 bits per heavy atom. The molecule has 0 aromatic carbocycles. The van der Waals surface area contributed by atoms with Crippen molar-refractivity contribution in [2.75, 3.05) is 11.9 Å². The van der Waals surface area contributed by atoms with Crippen molar-refractivity contribution >= 4 is 17.4 Å². The number of aliphatic hydroxyl groups is 1. The first-order valence-corrected chi connectivity index (χ1v) is 6.64. The van der Waals surface area contributed by atoms with Crippen LogP contribution in [0.15, 0.2) is 18.3 Å². The molecule has 0 unspecified atom stereocenters. The summed E-state index contributed by atoms with van der Waals surface area (Å²) in [6.45, 7) is 0.571. The van der Waals surface area contributed by atoms with Crippen LogP contribution in [0.1, 0.15) is 38.5 Å². The van der Waals surface area contributed by atoms with Gasteiger partial charge in [0.1, 0.15) is 5.82 Å². The van der Waals surface area contributed by atoms with Crippen molar-refractivity contribution in [3.8, 4) is 0 Å². The van der Waals surface area contributed by atoms with Crippen LogP contribution in [-0.4, -0.2) is 22.2 Å². The fraction of sp³-hybridized carbons (Fsp3) is 0.615. The van der Waals surface area contributed by atoms with Crippen LogP contribution in [0, 0.1) is 0 Å². The summed E-state index contributed by atoms with van der Waals surface area (Å²) >= 11 is 5.77. The minimum atomic E-state index is -0.572. The molecule has 1 aromatic heterocycles. The van der Waals surface area contributed by atoms with Crippen LogP contribution in [0.25, 0.3) is 0 Å². The molecule has 1 aliphatic carbocycles.